The zero-order chi connectivity index (χ0) is 10.7. The number of rotatable bonds is 2. The molecular weight excluding hydrogens is 186 g/mol. The second-order valence-corrected chi connectivity index (χ2v) is 3.92. The predicted octanol–water partition coefficient (Wildman–Crippen LogP) is 1.30. The van der Waals surface area contributed by atoms with Gasteiger partial charge < -0.3 is 0 Å². The number of nitrogens with one attached hydrogen (secondary N) is 1. The maximum Gasteiger partial charge on any atom is 0.171 e. The molecule has 1 saturated heterocycles. The Morgan fingerprint density at radius 2 is 2.13 bits per heavy atom. The molecule has 15 heavy (non-hydrogen) atoms. The average Bonchev–Trinajstić information content (AvgIpc) is 2.79. The van der Waals surface area contributed by atoms with Crippen molar-refractivity contribution in [1.82, 2.24) is 15.0 Å². The van der Waals surface area contributed by atoms with E-state index in [0.717, 1.165) is 23.2 Å². The lowest BCUT2D eigenvalue weighted by molar-refractivity contribution is 0.259. The Morgan fingerprint density at radius 3 is 2.73 bits per heavy atom. The minimum atomic E-state index is 0.808. The predicted molar refractivity (Wildman–Crippen MR) is 62.0 cm³/mol. The number of terminal acetylenes is 1. The summed E-state index contributed by atoms with van der Waals surface area (Å²) in [6, 6.07) is 2.05. The van der Waals surface area contributed by atoms with E-state index in [0.29, 0.717) is 0 Å². The standard InChI is InChI=1S/C12H16N3/c1-3-11-8-12(10-14-9-11)15(13-2)6-4-5-7-15/h1,8-10,13H,4-7H2,2H3/q+1. The first kappa shape index (κ1) is 10.2. The molecule has 1 N–H and O–H groups in total. The molecule has 2 heterocycles. The highest BCUT2D eigenvalue weighted by Gasteiger charge is 2.34. The molecule has 0 aliphatic carbocycles. The first-order chi connectivity index (χ1) is 7.30. The number of pyridine rings is 1. The Kier molecular flexibility index (Phi) is 2.72. The van der Waals surface area contributed by atoms with Crippen molar-refractivity contribution < 1.29 is 0 Å². The molecule has 1 aliphatic rings. The van der Waals surface area contributed by atoms with Crippen LogP contribution in [0.2, 0.25) is 0 Å². The van der Waals surface area contributed by atoms with Crippen LogP contribution in [0.25, 0.3) is 0 Å². The number of quaternary nitrogens is 1. The van der Waals surface area contributed by atoms with E-state index in [1.807, 2.05) is 13.2 Å². The van der Waals surface area contributed by atoms with Gasteiger partial charge in [-0.25, -0.2) is 4.59 Å². The molecule has 0 amide bonds. The van der Waals surface area contributed by atoms with E-state index in [9.17, 15) is 0 Å². The van der Waals surface area contributed by atoms with Gasteiger partial charge in [-0.3, -0.25) is 4.98 Å². The van der Waals surface area contributed by atoms with Gasteiger partial charge in [0, 0.05) is 37.7 Å². The lowest BCUT2D eigenvalue weighted by Gasteiger charge is -2.31. The Labute approximate surface area is 90.7 Å². The molecular formula is C12H16N3+. The summed E-state index contributed by atoms with van der Waals surface area (Å²) >= 11 is 0. The number of hydrogen-bond donors (Lipinski definition) is 1. The zero-order valence-corrected chi connectivity index (χ0v) is 9.03. The van der Waals surface area contributed by atoms with Gasteiger partial charge in [0.25, 0.3) is 0 Å². The summed E-state index contributed by atoms with van der Waals surface area (Å²) in [5.74, 6) is 2.63. The highest BCUT2D eigenvalue weighted by molar-refractivity contribution is 5.46. The monoisotopic (exact) mass is 202 g/mol. The fraction of sp³-hybridized carbons (Fsp3) is 0.417. The SMILES string of the molecule is C#Cc1cncc([N+]2(NC)CCCC2)c1. The molecule has 2 rings (SSSR count). The highest BCUT2D eigenvalue weighted by atomic mass is 15.7. The molecule has 78 valence electrons. The number of aromatic nitrogens is 1. The maximum absolute atomic E-state index is 5.38. The Hall–Kier alpha value is -1.37. The van der Waals surface area contributed by atoms with Crippen LogP contribution in [0.3, 0.4) is 0 Å². The highest BCUT2D eigenvalue weighted by Crippen LogP contribution is 2.26. The second-order valence-electron chi connectivity index (χ2n) is 3.92. The summed E-state index contributed by atoms with van der Waals surface area (Å²) in [5, 5.41) is 0. The van der Waals surface area contributed by atoms with Gasteiger partial charge in [-0.05, 0) is 0 Å². The van der Waals surface area contributed by atoms with Crippen molar-refractivity contribution in [3.8, 4) is 12.3 Å². The molecule has 3 heteroatoms. The van der Waals surface area contributed by atoms with E-state index in [-0.39, 0.29) is 0 Å². The fourth-order valence-corrected chi connectivity index (χ4v) is 2.23. The average molecular weight is 202 g/mol. The third-order valence-corrected chi connectivity index (χ3v) is 3.14. The van der Waals surface area contributed by atoms with Crippen LogP contribution in [0.4, 0.5) is 5.69 Å². The van der Waals surface area contributed by atoms with Crippen LogP contribution in [0.15, 0.2) is 18.5 Å². The van der Waals surface area contributed by atoms with Crippen molar-refractivity contribution >= 4 is 5.69 Å². The third kappa shape index (κ3) is 1.74. The summed E-state index contributed by atoms with van der Waals surface area (Å²) in [4.78, 5) is 4.19. The zero-order valence-electron chi connectivity index (χ0n) is 9.03. The number of nitrogens with zero attached hydrogens (tertiary/aromatic N) is 2. The maximum atomic E-state index is 5.38. The third-order valence-electron chi connectivity index (χ3n) is 3.14. The van der Waals surface area contributed by atoms with Crippen LogP contribution in [-0.2, 0) is 0 Å². The molecule has 0 unspecified atom stereocenters. The topological polar surface area (TPSA) is 24.9 Å². The molecule has 1 aromatic heterocycles. The van der Waals surface area contributed by atoms with E-state index in [4.69, 9.17) is 6.42 Å². The van der Waals surface area contributed by atoms with Gasteiger partial charge in [-0.15, -0.1) is 6.42 Å². The lowest BCUT2D eigenvalue weighted by atomic mass is 10.2. The lowest BCUT2D eigenvalue weighted by Crippen LogP contribution is -2.55. The summed E-state index contributed by atoms with van der Waals surface area (Å²) in [6.45, 7) is 2.23. The van der Waals surface area contributed by atoms with Crippen molar-refractivity contribution in [2.75, 3.05) is 20.1 Å². The summed E-state index contributed by atoms with van der Waals surface area (Å²) in [5.41, 5.74) is 5.40. The Morgan fingerprint density at radius 1 is 1.40 bits per heavy atom. The van der Waals surface area contributed by atoms with Crippen molar-refractivity contribution in [2.45, 2.75) is 12.8 Å². The van der Waals surface area contributed by atoms with Crippen LogP contribution in [0.1, 0.15) is 18.4 Å². The molecule has 0 bridgehead atoms. The van der Waals surface area contributed by atoms with Crippen molar-refractivity contribution in [1.29, 1.82) is 0 Å². The van der Waals surface area contributed by atoms with Crippen LogP contribution in [0.5, 0.6) is 0 Å². The summed E-state index contributed by atoms with van der Waals surface area (Å²) < 4.78 is 0.808. The van der Waals surface area contributed by atoms with Crippen LogP contribution >= 0.6 is 0 Å². The van der Waals surface area contributed by atoms with Gasteiger partial charge in [0.1, 0.15) is 13.1 Å². The molecule has 1 aliphatic heterocycles. The van der Waals surface area contributed by atoms with E-state index >= 15 is 0 Å². The molecule has 1 aromatic rings. The summed E-state index contributed by atoms with van der Waals surface area (Å²) in [6.07, 6.45) is 11.5. The first-order valence-electron chi connectivity index (χ1n) is 5.29. The number of hydrogen-bond acceptors (Lipinski definition) is 2. The van der Waals surface area contributed by atoms with Gasteiger partial charge in [-0.1, -0.05) is 5.92 Å². The van der Waals surface area contributed by atoms with E-state index in [1.54, 1.807) is 6.20 Å². The van der Waals surface area contributed by atoms with Gasteiger partial charge in [0.2, 0.25) is 0 Å². The molecule has 0 spiro atoms. The normalized spacial score (nSPS) is 18.7. The molecule has 0 saturated carbocycles. The van der Waals surface area contributed by atoms with Gasteiger partial charge in [-0.2, -0.15) is 5.43 Å². The smallest absolute Gasteiger partial charge is 0.171 e. The van der Waals surface area contributed by atoms with Crippen LogP contribution in [0, 0.1) is 12.3 Å². The molecule has 0 atom stereocenters. The van der Waals surface area contributed by atoms with Gasteiger partial charge >= 0.3 is 0 Å². The van der Waals surface area contributed by atoms with Crippen molar-refractivity contribution in [3.63, 3.8) is 0 Å². The van der Waals surface area contributed by atoms with E-state index in [1.165, 1.54) is 18.5 Å². The van der Waals surface area contributed by atoms with Gasteiger partial charge in [0.05, 0.1) is 6.20 Å². The summed E-state index contributed by atoms with van der Waals surface area (Å²) in [7, 11) is 1.99. The molecule has 0 radical (unpaired) electrons. The van der Waals surface area contributed by atoms with E-state index in [2.05, 4.69) is 22.4 Å². The van der Waals surface area contributed by atoms with Crippen LogP contribution < -0.4 is 10.0 Å². The minimum absolute atomic E-state index is 0.808. The quantitative estimate of drug-likeness (QED) is 0.577. The van der Waals surface area contributed by atoms with Crippen molar-refractivity contribution in [2.24, 2.45) is 0 Å². The van der Waals surface area contributed by atoms with Crippen LogP contribution in [-0.4, -0.2) is 25.1 Å². The molecule has 1 fully saturated rings. The Bertz CT molecular complexity index is 386. The molecule has 3 nitrogen and oxygen atoms in total. The first-order valence-corrected chi connectivity index (χ1v) is 5.29. The second kappa shape index (κ2) is 4.01. The fourth-order valence-electron chi connectivity index (χ4n) is 2.23. The molecule has 0 aromatic carbocycles. The Balaban J connectivity index is 2.39. The largest absolute Gasteiger partial charge is 0.257 e. The van der Waals surface area contributed by atoms with Gasteiger partial charge in [0.15, 0.2) is 5.69 Å². The van der Waals surface area contributed by atoms with E-state index < -0.39 is 0 Å². The van der Waals surface area contributed by atoms with Crippen molar-refractivity contribution in [3.05, 3.63) is 24.0 Å². The minimum Gasteiger partial charge on any atom is -0.257 e.